The second kappa shape index (κ2) is 7.66. The lowest BCUT2D eigenvalue weighted by Crippen LogP contribution is -2.48. The number of benzene rings is 2. The average Bonchev–Trinajstić information content (AvgIpc) is 2.68. The molecule has 1 N–H and O–H groups in total. The third-order valence-electron chi connectivity index (χ3n) is 4.75. The summed E-state index contributed by atoms with van der Waals surface area (Å²) in [5.74, 6) is -0.642. The Bertz CT molecular complexity index is 954. The zero-order valence-corrected chi connectivity index (χ0v) is 16.1. The van der Waals surface area contributed by atoms with E-state index in [-0.39, 0.29) is 29.7 Å². The van der Waals surface area contributed by atoms with E-state index in [1.807, 2.05) is 4.90 Å². The molecular weight excluding hydrogens is 369 g/mol. The second-order valence-electron chi connectivity index (χ2n) is 6.40. The lowest BCUT2D eigenvalue weighted by Gasteiger charge is -2.35. The van der Waals surface area contributed by atoms with Gasteiger partial charge in [-0.25, -0.2) is 12.8 Å². The number of rotatable bonds is 4. The minimum atomic E-state index is -3.73. The van der Waals surface area contributed by atoms with Gasteiger partial charge in [0.05, 0.1) is 10.6 Å². The van der Waals surface area contributed by atoms with Gasteiger partial charge >= 0.3 is 0 Å². The van der Waals surface area contributed by atoms with Gasteiger partial charge in [0, 0.05) is 38.8 Å². The predicted octanol–water partition coefficient (Wildman–Crippen LogP) is 2.00. The summed E-state index contributed by atoms with van der Waals surface area (Å²) < 4.78 is 41.3. The molecule has 3 rings (SSSR count). The van der Waals surface area contributed by atoms with Gasteiger partial charge in [-0.15, -0.1) is 0 Å². The van der Waals surface area contributed by atoms with Crippen LogP contribution in [0.4, 0.5) is 10.1 Å². The predicted molar refractivity (Wildman–Crippen MR) is 102 cm³/mol. The molecule has 0 aliphatic carbocycles. The second-order valence-corrected chi connectivity index (χ2v) is 8.34. The number of nitrogens with one attached hydrogen (secondary N) is 1. The van der Waals surface area contributed by atoms with Crippen molar-refractivity contribution in [1.82, 2.24) is 9.62 Å². The third kappa shape index (κ3) is 3.81. The number of hydrogen-bond acceptors (Lipinski definition) is 4. The molecule has 1 aliphatic rings. The fraction of sp³-hybridized carbons (Fsp3) is 0.316. The Hall–Kier alpha value is -2.45. The van der Waals surface area contributed by atoms with Crippen molar-refractivity contribution < 1.29 is 17.6 Å². The number of hydrogen-bond donors (Lipinski definition) is 1. The maximum absolute atomic E-state index is 14.0. The SMILES string of the molecule is CNC(=O)c1cc(S(=O)(=O)N2CCN(c3ccccc3F)CC2)ccc1C. The number of carbonyl (C=O) groups is 1. The smallest absolute Gasteiger partial charge is 0.251 e. The summed E-state index contributed by atoms with van der Waals surface area (Å²) in [4.78, 5) is 13.9. The summed E-state index contributed by atoms with van der Waals surface area (Å²) in [6.07, 6.45) is 0. The van der Waals surface area contributed by atoms with E-state index >= 15 is 0 Å². The molecule has 1 fully saturated rings. The highest BCUT2D eigenvalue weighted by Gasteiger charge is 2.30. The van der Waals surface area contributed by atoms with Gasteiger partial charge < -0.3 is 10.2 Å². The topological polar surface area (TPSA) is 69.7 Å². The van der Waals surface area contributed by atoms with Crippen LogP contribution in [0.25, 0.3) is 0 Å². The highest BCUT2D eigenvalue weighted by molar-refractivity contribution is 7.89. The summed E-state index contributed by atoms with van der Waals surface area (Å²) in [6, 6.07) is 11.0. The van der Waals surface area contributed by atoms with Crippen molar-refractivity contribution in [2.45, 2.75) is 11.8 Å². The molecule has 2 aromatic carbocycles. The summed E-state index contributed by atoms with van der Waals surface area (Å²) in [5, 5.41) is 2.52. The van der Waals surface area contributed by atoms with E-state index in [1.165, 1.54) is 29.6 Å². The lowest BCUT2D eigenvalue weighted by atomic mass is 10.1. The van der Waals surface area contributed by atoms with Crippen LogP contribution in [0.3, 0.4) is 0 Å². The molecule has 0 aromatic heterocycles. The third-order valence-corrected chi connectivity index (χ3v) is 6.64. The molecular formula is C19H22FN3O3S. The Kier molecular flexibility index (Phi) is 5.48. The average molecular weight is 391 g/mol. The van der Waals surface area contributed by atoms with Crippen LogP contribution >= 0.6 is 0 Å². The van der Waals surface area contributed by atoms with Crippen LogP contribution < -0.4 is 10.2 Å². The van der Waals surface area contributed by atoms with Crippen molar-refractivity contribution in [2.75, 3.05) is 38.1 Å². The minimum absolute atomic E-state index is 0.0889. The molecule has 6 nitrogen and oxygen atoms in total. The lowest BCUT2D eigenvalue weighted by molar-refractivity contribution is 0.0962. The fourth-order valence-corrected chi connectivity index (χ4v) is 4.62. The maximum atomic E-state index is 14.0. The molecule has 0 bridgehead atoms. The van der Waals surface area contributed by atoms with Crippen LogP contribution in [0.1, 0.15) is 15.9 Å². The number of para-hydroxylation sites is 1. The zero-order valence-electron chi connectivity index (χ0n) is 15.3. The van der Waals surface area contributed by atoms with Crippen molar-refractivity contribution in [3.8, 4) is 0 Å². The van der Waals surface area contributed by atoms with Crippen LogP contribution in [-0.2, 0) is 10.0 Å². The van der Waals surface area contributed by atoms with Crippen LogP contribution in [0.2, 0.25) is 0 Å². The number of anilines is 1. The Morgan fingerprint density at radius 2 is 1.74 bits per heavy atom. The zero-order chi connectivity index (χ0) is 19.6. The number of aryl methyl sites for hydroxylation is 1. The summed E-state index contributed by atoms with van der Waals surface area (Å²) in [7, 11) is -2.22. The molecule has 27 heavy (non-hydrogen) atoms. The molecule has 2 aromatic rings. The molecule has 0 saturated carbocycles. The van der Waals surface area contributed by atoms with Gasteiger partial charge in [-0.3, -0.25) is 4.79 Å². The van der Waals surface area contributed by atoms with E-state index in [1.54, 1.807) is 31.2 Å². The van der Waals surface area contributed by atoms with Crippen LogP contribution in [0.5, 0.6) is 0 Å². The van der Waals surface area contributed by atoms with Crippen LogP contribution in [-0.4, -0.2) is 51.9 Å². The fourth-order valence-electron chi connectivity index (χ4n) is 3.17. The van der Waals surface area contributed by atoms with E-state index in [9.17, 15) is 17.6 Å². The highest BCUT2D eigenvalue weighted by atomic mass is 32.2. The molecule has 1 aliphatic heterocycles. The first-order valence-corrected chi connectivity index (χ1v) is 10.1. The molecule has 1 amide bonds. The molecule has 0 atom stereocenters. The minimum Gasteiger partial charge on any atom is -0.367 e. The van der Waals surface area contributed by atoms with Crippen molar-refractivity contribution in [2.24, 2.45) is 0 Å². The first-order chi connectivity index (χ1) is 12.8. The van der Waals surface area contributed by atoms with Crippen molar-refractivity contribution in [1.29, 1.82) is 0 Å². The van der Waals surface area contributed by atoms with E-state index in [4.69, 9.17) is 0 Å². The first kappa shape index (κ1) is 19.3. The molecule has 1 saturated heterocycles. The first-order valence-electron chi connectivity index (χ1n) is 8.67. The van der Waals surface area contributed by atoms with Gasteiger partial charge in [0.15, 0.2) is 0 Å². The number of piperazine rings is 1. The molecule has 8 heteroatoms. The van der Waals surface area contributed by atoms with Gasteiger partial charge in [-0.1, -0.05) is 18.2 Å². The Morgan fingerprint density at radius 3 is 2.37 bits per heavy atom. The molecule has 144 valence electrons. The number of carbonyl (C=O) groups excluding carboxylic acids is 1. The number of nitrogens with zero attached hydrogens (tertiary/aromatic N) is 2. The van der Waals surface area contributed by atoms with Gasteiger partial charge in [0.1, 0.15) is 5.82 Å². The summed E-state index contributed by atoms with van der Waals surface area (Å²) in [5.41, 5.74) is 1.52. The number of halogens is 1. The van der Waals surface area contributed by atoms with Gasteiger partial charge in [0.25, 0.3) is 5.91 Å². The van der Waals surface area contributed by atoms with E-state index in [0.29, 0.717) is 29.9 Å². The molecule has 0 unspecified atom stereocenters. The Balaban J connectivity index is 1.79. The van der Waals surface area contributed by atoms with Gasteiger partial charge in [0.2, 0.25) is 10.0 Å². The van der Waals surface area contributed by atoms with Crippen molar-refractivity contribution in [3.63, 3.8) is 0 Å². The Labute approximate surface area is 158 Å². The highest BCUT2D eigenvalue weighted by Crippen LogP contribution is 2.24. The quantitative estimate of drug-likeness (QED) is 0.866. The van der Waals surface area contributed by atoms with Crippen LogP contribution in [0, 0.1) is 12.7 Å². The Morgan fingerprint density at radius 1 is 1.07 bits per heavy atom. The molecule has 0 radical (unpaired) electrons. The summed E-state index contributed by atoms with van der Waals surface area (Å²) in [6.45, 7) is 3.05. The largest absolute Gasteiger partial charge is 0.367 e. The van der Waals surface area contributed by atoms with Crippen molar-refractivity contribution in [3.05, 3.63) is 59.4 Å². The normalized spacial score (nSPS) is 15.6. The maximum Gasteiger partial charge on any atom is 0.251 e. The van der Waals surface area contributed by atoms with E-state index < -0.39 is 10.0 Å². The van der Waals surface area contributed by atoms with E-state index in [0.717, 1.165) is 0 Å². The monoisotopic (exact) mass is 391 g/mol. The molecule has 1 heterocycles. The van der Waals surface area contributed by atoms with Gasteiger partial charge in [-0.05, 0) is 36.8 Å². The molecule has 0 spiro atoms. The number of amides is 1. The standard InChI is InChI=1S/C19H22FN3O3S/c1-14-7-8-15(13-16(14)19(24)21-2)27(25,26)23-11-9-22(10-12-23)18-6-4-3-5-17(18)20/h3-8,13H,9-12H2,1-2H3,(H,21,24). The van der Waals surface area contributed by atoms with Gasteiger partial charge in [-0.2, -0.15) is 4.31 Å². The van der Waals surface area contributed by atoms with Crippen molar-refractivity contribution >= 4 is 21.6 Å². The van der Waals surface area contributed by atoms with E-state index in [2.05, 4.69) is 5.32 Å². The number of sulfonamides is 1. The summed E-state index contributed by atoms with van der Waals surface area (Å²) >= 11 is 0. The van der Waals surface area contributed by atoms with Crippen LogP contribution in [0.15, 0.2) is 47.4 Å².